The monoisotopic (exact) mass is 270 g/mol. The molecule has 2 nitrogen and oxygen atoms in total. The van der Waals surface area contributed by atoms with Crippen molar-refractivity contribution in [2.24, 2.45) is 0 Å². The smallest absolute Gasteiger partial charge is 0.0332 e. The second kappa shape index (κ2) is 7.91. The summed E-state index contributed by atoms with van der Waals surface area (Å²) in [6, 6.07) is 13.5. The molecule has 20 heavy (non-hydrogen) atoms. The van der Waals surface area contributed by atoms with Crippen LogP contribution >= 0.6 is 0 Å². The van der Waals surface area contributed by atoms with E-state index in [1.54, 1.807) is 0 Å². The lowest BCUT2D eigenvalue weighted by Gasteiger charge is -2.14. The van der Waals surface area contributed by atoms with Crippen LogP contribution in [0.4, 0.5) is 0 Å². The number of hydrogen-bond donors (Lipinski definition) is 1. The van der Waals surface area contributed by atoms with Crippen molar-refractivity contribution in [2.45, 2.75) is 45.7 Å². The van der Waals surface area contributed by atoms with Crippen LogP contribution in [-0.4, -0.2) is 11.1 Å². The van der Waals surface area contributed by atoms with E-state index in [-0.39, 0.29) is 0 Å². The maximum atomic E-state index is 3.53. The highest BCUT2D eigenvalue weighted by molar-refractivity contribution is 5.16. The average Bonchev–Trinajstić information content (AvgIpc) is 2.94. The molecular formula is C18H26N2. The van der Waals surface area contributed by atoms with Gasteiger partial charge < -0.3 is 9.88 Å². The van der Waals surface area contributed by atoms with Crippen molar-refractivity contribution in [1.29, 1.82) is 0 Å². The Morgan fingerprint density at radius 1 is 1.10 bits per heavy atom. The highest BCUT2D eigenvalue weighted by Crippen LogP contribution is 2.17. The molecule has 0 aliphatic heterocycles. The van der Waals surface area contributed by atoms with E-state index in [4.69, 9.17) is 0 Å². The second-order valence-corrected chi connectivity index (χ2v) is 5.29. The molecule has 0 saturated heterocycles. The summed E-state index contributed by atoms with van der Waals surface area (Å²) in [6.45, 7) is 6.52. The molecule has 2 aromatic rings. The van der Waals surface area contributed by atoms with E-state index in [9.17, 15) is 0 Å². The van der Waals surface area contributed by atoms with Crippen LogP contribution in [0, 0.1) is 0 Å². The zero-order valence-corrected chi connectivity index (χ0v) is 12.7. The summed E-state index contributed by atoms with van der Waals surface area (Å²) >= 11 is 0. The molecule has 0 bridgehead atoms. The van der Waals surface area contributed by atoms with Gasteiger partial charge in [0.15, 0.2) is 0 Å². The molecule has 1 N–H and O–H groups in total. The van der Waals surface area contributed by atoms with Crippen molar-refractivity contribution in [3.8, 4) is 0 Å². The summed E-state index contributed by atoms with van der Waals surface area (Å²) < 4.78 is 2.32. The zero-order valence-electron chi connectivity index (χ0n) is 12.7. The average molecular weight is 270 g/mol. The van der Waals surface area contributed by atoms with Gasteiger partial charge in [0.05, 0.1) is 0 Å². The molecule has 2 heteroatoms. The van der Waals surface area contributed by atoms with Gasteiger partial charge in [0.25, 0.3) is 0 Å². The van der Waals surface area contributed by atoms with E-state index in [0.29, 0.717) is 6.04 Å². The van der Waals surface area contributed by atoms with E-state index in [2.05, 4.69) is 72.5 Å². The normalized spacial score (nSPS) is 12.5. The number of rotatable bonds is 8. The molecule has 2 rings (SSSR count). The van der Waals surface area contributed by atoms with Crippen molar-refractivity contribution < 1.29 is 0 Å². The van der Waals surface area contributed by atoms with Crippen LogP contribution in [0.3, 0.4) is 0 Å². The molecule has 0 amide bonds. The highest BCUT2D eigenvalue weighted by Gasteiger charge is 2.08. The number of hydrogen-bond acceptors (Lipinski definition) is 1. The second-order valence-electron chi connectivity index (χ2n) is 5.29. The Bertz CT molecular complexity index is 487. The van der Waals surface area contributed by atoms with Gasteiger partial charge in [0, 0.05) is 25.0 Å². The van der Waals surface area contributed by atoms with Gasteiger partial charge in [-0.05, 0) is 43.0 Å². The summed E-state index contributed by atoms with van der Waals surface area (Å²) in [6.07, 6.45) is 7.99. The van der Waals surface area contributed by atoms with Crippen LogP contribution in [0.15, 0.2) is 48.8 Å². The molecule has 1 heterocycles. The van der Waals surface area contributed by atoms with Crippen molar-refractivity contribution in [3.05, 3.63) is 59.9 Å². The number of aryl methyl sites for hydroxylation is 2. The SMILES string of the molecule is CCNC(CC)c1ccn(CCCc2ccccc2)c1. The van der Waals surface area contributed by atoms with Crippen molar-refractivity contribution in [1.82, 2.24) is 9.88 Å². The van der Waals surface area contributed by atoms with Gasteiger partial charge in [0.2, 0.25) is 0 Å². The van der Waals surface area contributed by atoms with Gasteiger partial charge in [-0.25, -0.2) is 0 Å². The minimum absolute atomic E-state index is 0.496. The van der Waals surface area contributed by atoms with E-state index in [1.165, 1.54) is 17.5 Å². The third-order valence-corrected chi connectivity index (χ3v) is 3.76. The fourth-order valence-electron chi connectivity index (χ4n) is 2.66. The Kier molecular flexibility index (Phi) is 5.87. The number of aromatic nitrogens is 1. The fourth-order valence-corrected chi connectivity index (χ4v) is 2.66. The minimum atomic E-state index is 0.496. The molecule has 1 aromatic carbocycles. The number of benzene rings is 1. The Balaban J connectivity index is 1.83. The van der Waals surface area contributed by atoms with Gasteiger partial charge in [0.1, 0.15) is 0 Å². The lowest BCUT2D eigenvalue weighted by atomic mass is 10.1. The molecule has 0 radical (unpaired) electrons. The lowest BCUT2D eigenvalue weighted by Crippen LogP contribution is -2.19. The molecule has 1 unspecified atom stereocenters. The van der Waals surface area contributed by atoms with Crippen LogP contribution in [0.5, 0.6) is 0 Å². The first-order valence-corrected chi connectivity index (χ1v) is 7.76. The summed E-state index contributed by atoms with van der Waals surface area (Å²) in [5, 5.41) is 3.53. The Morgan fingerprint density at radius 3 is 2.60 bits per heavy atom. The summed E-state index contributed by atoms with van der Waals surface area (Å²) in [5.74, 6) is 0. The molecule has 108 valence electrons. The van der Waals surface area contributed by atoms with Crippen molar-refractivity contribution >= 4 is 0 Å². The van der Waals surface area contributed by atoms with E-state index in [1.807, 2.05) is 0 Å². The predicted molar refractivity (Wildman–Crippen MR) is 85.9 cm³/mol. The topological polar surface area (TPSA) is 17.0 Å². The standard InChI is InChI=1S/C18H26N2/c1-3-18(19-4-2)17-12-14-20(15-17)13-8-11-16-9-6-5-7-10-16/h5-7,9-10,12,14-15,18-19H,3-4,8,11,13H2,1-2H3. The van der Waals surface area contributed by atoms with Gasteiger partial charge in [-0.15, -0.1) is 0 Å². The van der Waals surface area contributed by atoms with Crippen LogP contribution < -0.4 is 5.32 Å². The third kappa shape index (κ3) is 4.24. The maximum Gasteiger partial charge on any atom is 0.0332 e. The Morgan fingerprint density at radius 2 is 1.90 bits per heavy atom. The predicted octanol–water partition coefficient (Wildman–Crippen LogP) is 4.18. The first-order valence-electron chi connectivity index (χ1n) is 7.76. The Labute approximate surface area is 122 Å². The van der Waals surface area contributed by atoms with Gasteiger partial charge in [-0.3, -0.25) is 0 Å². The Hall–Kier alpha value is -1.54. The van der Waals surface area contributed by atoms with Crippen LogP contribution in [0.25, 0.3) is 0 Å². The molecule has 0 spiro atoms. The van der Waals surface area contributed by atoms with E-state index >= 15 is 0 Å². The maximum absolute atomic E-state index is 3.53. The molecular weight excluding hydrogens is 244 g/mol. The summed E-state index contributed by atoms with van der Waals surface area (Å²) in [7, 11) is 0. The summed E-state index contributed by atoms with van der Waals surface area (Å²) in [4.78, 5) is 0. The molecule has 0 saturated carbocycles. The molecule has 0 aliphatic carbocycles. The van der Waals surface area contributed by atoms with E-state index < -0.39 is 0 Å². The van der Waals surface area contributed by atoms with Crippen LogP contribution in [0.2, 0.25) is 0 Å². The first kappa shape index (κ1) is 14.9. The van der Waals surface area contributed by atoms with Gasteiger partial charge in [-0.1, -0.05) is 44.2 Å². The minimum Gasteiger partial charge on any atom is -0.354 e. The van der Waals surface area contributed by atoms with Gasteiger partial charge in [-0.2, -0.15) is 0 Å². The molecule has 1 aromatic heterocycles. The zero-order chi connectivity index (χ0) is 14.2. The van der Waals surface area contributed by atoms with E-state index in [0.717, 1.165) is 25.9 Å². The molecule has 1 atom stereocenters. The number of nitrogens with one attached hydrogen (secondary N) is 1. The molecule has 0 aliphatic rings. The van der Waals surface area contributed by atoms with Crippen molar-refractivity contribution in [2.75, 3.05) is 6.54 Å². The largest absolute Gasteiger partial charge is 0.354 e. The van der Waals surface area contributed by atoms with Crippen LogP contribution in [0.1, 0.15) is 43.9 Å². The first-order chi connectivity index (χ1) is 9.83. The number of nitrogens with zero attached hydrogens (tertiary/aromatic N) is 1. The highest BCUT2D eigenvalue weighted by atomic mass is 15.0. The quantitative estimate of drug-likeness (QED) is 0.761. The van der Waals surface area contributed by atoms with Crippen molar-refractivity contribution in [3.63, 3.8) is 0 Å². The lowest BCUT2D eigenvalue weighted by molar-refractivity contribution is 0.535. The fraction of sp³-hybridized carbons (Fsp3) is 0.444. The van der Waals surface area contributed by atoms with Crippen LogP contribution in [-0.2, 0) is 13.0 Å². The van der Waals surface area contributed by atoms with Gasteiger partial charge >= 0.3 is 0 Å². The molecule has 0 fully saturated rings. The third-order valence-electron chi connectivity index (χ3n) is 3.76. The summed E-state index contributed by atoms with van der Waals surface area (Å²) in [5.41, 5.74) is 2.84.